The molecule has 1 fully saturated rings. The second-order valence-electron chi connectivity index (χ2n) is 3.42. The molecule has 1 saturated carbocycles. The van der Waals surface area contributed by atoms with Gasteiger partial charge in [-0.15, -0.1) is 0 Å². The zero-order chi connectivity index (χ0) is 8.60. The van der Waals surface area contributed by atoms with Crippen molar-refractivity contribution in [2.24, 2.45) is 5.73 Å². The van der Waals surface area contributed by atoms with Gasteiger partial charge >= 0.3 is 0 Å². The van der Waals surface area contributed by atoms with Crippen molar-refractivity contribution in [3.05, 3.63) is 24.0 Å². The van der Waals surface area contributed by atoms with E-state index in [1.807, 2.05) is 26.4 Å². The fourth-order valence-electron chi connectivity index (χ4n) is 1.26. The molecular weight excluding hydrogens is 147 g/mol. The Morgan fingerprint density at radius 3 is 2.67 bits per heavy atom. The number of nitrogens with two attached hydrogens (primary N) is 1. The highest BCUT2D eigenvalue weighted by Crippen LogP contribution is 2.41. The lowest BCUT2D eigenvalue weighted by atomic mass is 9.74. The first-order valence-corrected chi connectivity index (χ1v) is 4.29. The Bertz CT molecular complexity index is 277. The van der Waals surface area contributed by atoms with Crippen LogP contribution in [0.25, 0.3) is 0 Å². The number of aromatic nitrogens is 1. The largest absolute Gasteiger partial charge is 0.320 e. The smallest absolute Gasteiger partial charge is 0.150 e. The average Bonchev–Trinajstić information content (AvgIpc) is 2.85. The molecule has 2 rings (SSSR count). The van der Waals surface area contributed by atoms with Gasteiger partial charge in [0, 0.05) is 6.20 Å². The van der Waals surface area contributed by atoms with Crippen molar-refractivity contribution in [3.63, 3.8) is 0 Å². The van der Waals surface area contributed by atoms with Gasteiger partial charge in [-0.25, -0.2) is 0 Å². The molecule has 1 heterocycles. The van der Waals surface area contributed by atoms with E-state index >= 15 is 0 Å². The fraction of sp³-hybridized carbons (Fsp3) is 0.444. The molecule has 0 aliphatic heterocycles. The van der Waals surface area contributed by atoms with E-state index in [0.29, 0.717) is 0 Å². The SMILES string of the molecule is C[B]c1ccc(C2(N)CC2)nc1. The summed E-state index contributed by atoms with van der Waals surface area (Å²) in [4.78, 5) is 4.33. The molecule has 1 aliphatic carbocycles. The molecule has 1 radical (unpaired) electrons. The maximum absolute atomic E-state index is 5.99. The lowest BCUT2D eigenvalue weighted by Gasteiger charge is -2.07. The summed E-state index contributed by atoms with van der Waals surface area (Å²) >= 11 is 0. The van der Waals surface area contributed by atoms with Crippen molar-refractivity contribution in [1.82, 2.24) is 4.98 Å². The molecule has 0 amide bonds. The summed E-state index contributed by atoms with van der Waals surface area (Å²) in [5.74, 6) is 0. The first-order chi connectivity index (χ1) is 5.74. The minimum absolute atomic E-state index is 0.0910. The van der Waals surface area contributed by atoms with Crippen LogP contribution in [0.4, 0.5) is 0 Å². The molecule has 12 heavy (non-hydrogen) atoms. The molecule has 1 aromatic rings. The summed E-state index contributed by atoms with van der Waals surface area (Å²) in [6, 6.07) is 4.09. The van der Waals surface area contributed by atoms with Crippen LogP contribution in [0.3, 0.4) is 0 Å². The van der Waals surface area contributed by atoms with Gasteiger partial charge in [0.2, 0.25) is 0 Å². The number of rotatable bonds is 2. The molecular formula is C9H12BN2. The van der Waals surface area contributed by atoms with Crippen LogP contribution in [0.2, 0.25) is 6.82 Å². The van der Waals surface area contributed by atoms with E-state index < -0.39 is 0 Å². The molecule has 2 nitrogen and oxygen atoms in total. The van der Waals surface area contributed by atoms with Gasteiger partial charge in [-0.1, -0.05) is 18.4 Å². The summed E-state index contributed by atoms with van der Waals surface area (Å²) in [5.41, 5.74) is 8.09. The van der Waals surface area contributed by atoms with Gasteiger partial charge in [0.25, 0.3) is 0 Å². The first kappa shape index (κ1) is 7.81. The van der Waals surface area contributed by atoms with Crippen molar-refractivity contribution in [2.75, 3.05) is 0 Å². The topological polar surface area (TPSA) is 38.9 Å². The van der Waals surface area contributed by atoms with Crippen molar-refractivity contribution in [2.45, 2.75) is 25.2 Å². The van der Waals surface area contributed by atoms with Crippen molar-refractivity contribution < 1.29 is 0 Å². The van der Waals surface area contributed by atoms with Crippen LogP contribution >= 0.6 is 0 Å². The number of hydrogen-bond donors (Lipinski definition) is 1. The molecule has 2 N–H and O–H groups in total. The Balaban J connectivity index is 2.25. The van der Waals surface area contributed by atoms with E-state index in [1.165, 1.54) is 0 Å². The molecule has 0 spiro atoms. The molecule has 0 bridgehead atoms. The maximum Gasteiger partial charge on any atom is 0.150 e. The fourth-order valence-corrected chi connectivity index (χ4v) is 1.26. The predicted molar refractivity (Wildman–Crippen MR) is 50.6 cm³/mol. The maximum atomic E-state index is 5.99. The molecule has 1 aromatic heterocycles. The van der Waals surface area contributed by atoms with Gasteiger partial charge in [0.1, 0.15) is 7.28 Å². The summed E-state index contributed by atoms with van der Waals surface area (Å²) in [6.45, 7) is 2.01. The summed E-state index contributed by atoms with van der Waals surface area (Å²) in [7, 11) is 2.03. The predicted octanol–water partition coefficient (Wildman–Crippen LogP) is 0.407. The quantitative estimate of drug-likeness (QED) is 0.634. The highest BCUT2D eigenvalue weighted by molar-refractivity contribution is 6.51. The molecule has 61 valence electrons. The third kappa shape index (κ3) is 1.25. The highest BCUT2D eigenvalue weighted by atomic mass is 14.9. The van der Waals surface area contributed by atoms with E-state index in [4.69, 9.17) is 5.73 Å². The number of hydrogen-bond acceptors (Lipinski definition) is 2. The van der Waals surface area contributed by atoms with Gasteiger partial charge in [-0.05, 0) is 18.9 Å². The monoisotopic (exact) mass is 159 g/mol. The van der Waals surface area contributed by atoms with Crippen molar-refractivity contribution in [3.8, 4) is 0 Å². The molecule has 0 saturated heterocycles. The standard InChI is InChI=1S/C9H12BN2/c1-10-7-2-3-8(12-6-7)9(11)4-5-9/h2-3,6H,4-5,11H2,1H3. The van der Waals surface area contributed by atoms with Crippen LogP contribution in [0.15, 0.2) is 18.3 Å². The average molecular weight is 159 g/mol. The Morgan fingerprint density at radius 2 is 2.25 bits per heavy atom. The van der Waals surface area contributed by atoms with Gasteiger partial charge < -0.3 is 5.73 Å². The molecule has 1 aliphatic rings. The third-order valence-electron chi connectivity index (χ3n) is 2.42. The van der Waals surface area contributed by atoms with Crippen LogP contribution in [0, 0.1) is 0 Å². The summed E-state index contributed by atoms with van der Waals surface area (Å²) < 4.78 is 0. The zero-order valence-corrected chi connectivity index (χ0v) is 7.25. The molecule has 0 atom stereocenters. The molecule has 0 aromatic carbocycles. The van der Waals surface area contributed by atoms with Gasteiger partial charge in [0.05, 0.1) is 11.2 Å². The Labute approximate surface area is 73.4 Å². The van der Waals surface area contributed by atoms with E-state index in [0.717, 1.165) is 24.0 Å². The summed E-state index contributed by atoms with van der Waals surface area (Å²) in [6.07, 6.45) is 4.03. The number of nitrogens with zero attached hydrogens (tertiary/aromatic N) is 1. The van der Waals surface area contributed by atoms with Gasteiger partial charge in [-0.2, -0.15) is 0 Å². The van der Waals surface area contributed by atoms with E-state index in [1.54, 1.807) is 0 Å². The first-order valence-electron chi connectivity index (χ1n) is 4.29. The lowest BCUT2D eigenvalue weighted by molar-refractivity contribution is 0.708. The van der Waals surface area contributed by atoms with Crippen LogP contribution in [-0.4, -0.2) is 12.3 Å². The summed E-state index contributed by atoms with van der Waals surface area (Å²) in [5, 5.41) is 0. The number of pyridine rings is 1. The van der Waals surface area contributed by atoms with Crippen LogP contribution < -0.4 is 11.2 Å². The highest BCUT2D eigenvalue weighted by Gasteiger charge is 2.41. The minimum atomic E-state index is -0.0910. The van der Waals surface area contributed by atoms with E-state index in [9.17, 15) is 0 Å². The van der Waals surface area contributed by atoms with Crippen LogP contribution in [-0.2, 0) is 5.54 Å². The minimum Gasteiger partial charge on any atom is -0.320 e. The van der Waals surface area contributed by atoms with Crippen LogP contribution in [0.5, 0.6) is 0 Å². The molecule has 3 heteroatoms. The van der Waals surface area contributed by atoms with E-state index in [2.05, 4.69) is 11.1 Å². The Morgan fingerprint density at radius 1 is 1.50 bits per heavy atom. The van der Waals surface area contributed by atoms with Crippen molar-refractivity contribution in [1.29, 1.82) is 0 Å². The van der Waals surface area contributed by atoms with Gasteiger partial charge in [0.15, 0.2) is 0 Å². The second-order valence-corrected chi connectivity index (χ2v) is 3.42. The Kier molecular flexibility index (Phi) is 1.69. The van der Waals surface area contributed by atoms with Crippen molar-refractivity contribution >= 4 is 12.7 Å². The Hall–Kier alpha value is -0.825. The molecule has 0 unspecified atom stereocenters. The zero-order valence-electron chi connectivity index (χ0n) is 7.25. The van der Waals surface area contributed by atoms with Crippen LogP contribution in [0.1, 0.15) is 18.5 Å². The van der Waals surface area contributed by atoms with Gasteiger partial charge in [-0.3, -0.25) is 4.98 Å². The van der Waals surface area contributed by atoms with E-state index in [-0.39, 0.29) is 5.54 Å². The second kappa shape index (κ2) is 2.59. The normalized spacial score (nSPS) is 18.8. The third-order valence-corrected chi connectivity index (χ3v) is 2.42. The lowest BCUT2D eigenvalue weighted by Crippen LogP contribution is -2.22.